The van der Waals surface area contributed by atoms with Crippen molar-refractivity contribution in [3.63, 3.8) is 0 Å². The average Bonchev–Trinajstić information content (AvgIpc) is 2.37. The van der Waals surface area contributed by atoms with Crippen molar-refractivity contribution in [3.05, 3.63) is 35.6 Å². The lowest BCUT2D eigenvalue weighted by Gasteiger charge is -2.37. The number of hydrogen-bond donors (Lipinski definition) is 0. The summed E-state index contributed by atoms with van der Waals surface area (Å²) in [6.45, 7) is 4.95. The van der Waals surface area contributed by atoms with Crippen LogP contribution in [0.15, 0.2) is 24.3 Å². The molecule has 3 nitrogen and oxygen atoms in total. The maximum atomic E-state index is 13.8. The minimum atomic E-state index is -1.15. The van der Waals surface area contributed by atoms with Gasteiger partial charge in [-0.3, -0.25) is 9.59 Å². The van der Waals surface area contributed by atoms with Gasteiger partial charge < -0.3 is 4.74 Å². The number of Topliss-reactive ketones (excluding diaryl/α,β-unsaturated/α-hetero) is 1. The zero-order valence-corrected chi connectivity index (χ0v) is 11.3. The Labute approximate surface area is 111 Å². The topological polar surface area (TPSA) is 43.4 Å². The van der Waals surface area contributed by atoms with Crippen molar-refractivity contribution < 1.29 is 18.7 Å². The summed E-state index contributed by atoms with van der Waals surface area (Å²) < 4.78 is 19.2. The molecule has 19 heavy (non-hydrogen) atoms. The highest BCUT2D eigenvalue weighted by Gasteiger charge is 2.50. The summed E-state index contributed by atoms with van der Waals surface area (Å²) >= 11 is 0. The van der Waals surface area contributed by atoms with E-state index in [2.05, 4.69) is 0 Å². The first-order valence-corrected chi connectivity index (χ1v) is 6.39. The fraction of sp³-hybridized carbons (Fsp3) is 0.467. The van der Waals surface area contributed by atoms with Crippen molar-refractivity contribution in [1.82, 2.24) is 0 Å². The van der Waals surface area contributed by atoms with Crippen LogP contribution in [0.3, 0.4) is 0 Å². The molecule has 4 heteroatoms. The van der Waals surface area contributed by atoms with Gasteiger partial charge in [0.15, 0.2) is 5.78 Å². The highest BCUT2D eigenvalue weighted by atomic mass is 19.1. The Morgan fingerprint density at radius 1 is 1.26 bits per heavy atom. The first kappa shape index (κ1) is 13.7. The Balaban J connectivity index is 2.44. The van der Waals surface area contributed by atoms with Crippen molar-refractivity contribution in [2.24, 2.45) is 11.3 Å². The predicted molar refractivity (Wildman–Crippen MR) is 67.8 cm³/mol. The number of ketones is 1. The van der Waals surface area contributed by atoms with Crippen LogP contribution in [0, 0.1) is 17.2 Å². The molecule has 0 saturated carbocycles. The number of esters is 1. The van der Waals surface area contributed by atoms with E-state index in [4.69, 9.17) is 4.74 Å². The van der Waals surface area contributed by atoms with E-state index >= 15 is 0 Å². The van der Waals surface area contributed by atoms with Crippen LogP contribution in [0.4, 0.5) is 4.39 Å². The number of carbonyl (C=O) groups is 2. The second-order valence-electron chi connectivity index (χ2n) is 5.35. The van der Waals surface area contributed by atoms with Crippen LogP contribution < -0.4 is 0 Å². The number of benzene rings is 1. The standard InChI is InChI=1S/C15H17FO3/c1-4-9-12(10-7-5-6-8-11(10)16)19-14(18)15(2,3)13(9)17/h5-9,12H,4H2,1-3H3/t9-,12-/m0/s1. The van der Waals surface area contributed by atoms with E-state index in [0.717, 1.165) is 0 Å². The minimum absolute atomic E-state index is 0.181. The van der Waals surface area contributed by atoms with Crippen molar-refractivity contribution >= 4 is 11.8 Å². The smallest absolute Gasteiger partial charge is 0.319 e. The maximum Gasteiger partial charge on any atom is 0.319 e. The van der Waals surface area contributed by atoms with Crippen LogP contribution in [-0.2, 0) is 14.3 Å². The van der Waals surface area contributed by atoms with Gasteiger partial charge in [-0.05, 0) is 26.3 Å². The molecule has 1 saturated heterocycles. The molecule has 0 unspecified atom stereocenters. The minimum Gasteiger partial charge on any atom is -0.456 e. The van der Waals surface area contributed by atoms with Crippen LogP contribution in [-0.4, -0.2) is 11.8 Å². The Bertz CT molecular complexity index is 522. The largest absolute Gasteiger partial charge is 0.456 e. The van der Waals surface area contributed by atoms with E-state index in [1.165, 1.54) is 6.07 Å². The zero-order chi connectivity index (χ0) is 14.2. The molecule has 0 aromatic heterocycles. The zero-order valence-electron chi connectivity index (χ0n) is 11.3. The molecular weight excluding hydrogens is 247 g/mol. The molecule has 2 atom stereocenters. The van der Waals surface area contributed by atoms with Gasteiger partial charge >= 0.3 is 5.97 Å². The lowest BCUT2D eigenvalue weighted by atomic mass is 9.74. The first-order valence-electron chi connectivity index (χ1n) is 6.39. The van der Waals surface area contributed by atoms with Gasteiger partial charge in [0.1, 0.15) is 17.3 Å². The molecule has 0 N–H and O–H groups in total. The van der Waals surface area contributed by atoms with E-state index in [1.54, 1.807) is 32.0 Å². The summed E-state index contributed by atoms with van der Waals surface area (Å²) in [6.07, 6.45) is -0.312. The molecule has 0 radical (unpaired) electrons. The van der Waals surface area contributed by atoms with E-state index < -0.39 is 29.2 Å². The van der Waals surface area contributed by atoms with Gasteiger partial charge in [0, 0.05) is 5.56 Å². The average molecular weight is 264 g/mol. The number of carbonyl (C=O) groups excluding carboxylic acids is 2. The summed E-state index contributed by atoms with van der Waals surface area (Å²) in [7, 11) is 0. The molecule has 1 heterocycles. The molecule has 0 spiro atoms. The summed E-state index contributed by atoms with van der Waals surface area (Å²) in [5.41, 5.74) is -0.880. The number of rotatable bonds is 2. The van der Waals surface area contributed by atoms with Gasteiger partial charge in [0.2, 0.25) is 0 Å². The molecule has 1 aromatic rings. The lowest BCUT2D eigenvalue weighted by Crippen LogP contribution is -2.47. The molecular formula is C15H17FO3. The van der Waals surface area contributed by atoms with Crippen LogP contribution in [0.1, 0.15) is 38.9 Å². The summed E-state index contributed by atoms with van der Waals surface area (Å²) in [4.78, 5) is 24.3. The van der Waals surface area contributed by atoms with Crippen LogP contribution in [0.25, 0.3) is 0 Å². The number of ether oxygens (including phenoxy) is 1. The second kappa shape index (κ2) is 4.76. The first-order chi connectivity index (χ1) is 8.89. The quantitative estimate of drug-likeness (QED) is 0.609. The second-order valence-corrected chi connectivity index (χ2v) is 5.35. The third kappa shape index (κ3) is 2.15. The van der Waals surface area contributed by atoms with E-state index in [-0.39, 0.29) is 11.3 Å². The molecule has 1 aliphatic rings. The third-order valence-electron chi connectivity index (χ3n) is 3.71. The molecule has 2 rings (SSSR count). The van der Waals surface area contributed by atoms with Crippen LogP contribution in [0.5, 0.6) is 0 Å². The summed E-state index contributed by atoms with van der Waals surface area (Å²) in [6, 6.07) is 6.10. The molecule has 1 aliphatic heterocycles. The highest BCUT2D eigenvalue weighted by Crippen LogP contribution is 2.41. The molecule has 0 amide bonds. The van der Waals surface area contributed by atoms with E-state index in [0.29, 0.717) is 6.42 Å². The fourth-order valence-corrected chi connectivity index (χ4v) is 2.43. The van der Waals surface area contributed by atoms with Gasteiger partial charge in [-0.2, -0.15) is 0 Å². The van der Waals surface area contributed by atoms with Crippen molar-refractivity contribution in [2.75, 3.05) is 0 Å². The van der Waals surface area contributed by atoms with Gasteiger partial charge in [-0.15, -0.1) is 0 Å². The SMILES string of the molecule is CC[C@@H]1C(=O)C(C)(C)C(=O)O[C@@H]1c1ccccc1F. The Hall–Kier alpha value is -1.71. The van der Waals surface area contributed by atoms with Gasteiger partial charge in [-0.1, -0.05) is 25.1 Å². The third-order valence-corrected chi connectivity index (χ3v) is 3.71. The monoisotopic (exact) mass is 264 g/mol. The highest BCUT2D eigenvalue weighted by molar-refractivity contribution is 6.06. The maximum absolute atomic E-state index is 13.8. The van der Waals surface area contributed by atoms with Crippen molar-refractivity contribution in [2.45, 2.75) is 33.3 Å². The summed E-state index contributed by atoms with van der Waals surface area (Å²) in [5, 5.41) is 0. The van der Waals surface area contributed by atoms with E-state index in [9.17, 15) is 14.0 Å². The van der Waals surface area contributed by atoms with Crippen molar-refractivity contribution in [3.8, 4) is 0 Å². The number of halogens is 1. The summed E-state index contributed by atoms with van der Waals surface area (Å²) in [5.74, 6) is -1.72. The van der Waals surface area contributed by atoms with Gasteiger partial charge in [0.25, 0.3) is 0 Å². The normalized spacial score (nSPS) is 26.1. The van der Waals surface area contributed by atoms with Crippen LogP contribution >= 0.6 is 0 Å². The van der Waals surface area contributed by atoms with Crippen LogP contribution in [0.2, 0.25) is 0 Å². The van der Waals surface area contributed by atoms with Gasteiger partial charge in [-0.25, -0.2) is 4.39 Å². The molecule has 102 valence electrons. The lowest BCUT2D eigenvalue weighted by molar-refractivity contribution is -0.179. The Morgan fingerprint density at radius 3 is 2.47 bits per heavy atom. The molecule has 0 bridgehead atoms. The number of hydrogen-bond acceptors (Lipinski definition) is 3. The van der Waals surface area contributed by atoms with Gasteiger partial charge in [0.05, 0.1) is 5.92 Å². The molecule has 1 fully saturated rings. The predicted octanol–water partition coefficient (Wildman–Crippen LogP) is 3.05. The van der Waals surface area contributed by atoms with E-state index in [1.807, 2.05) is 6.92 Å². The Morgan fingerprint density at radius 2 is 1.89 bits per heavy atom. The molecule has 1 aromatic carbocycles. The van der Waals surface area contributed by atoms with Crippen molar-refractivity contribution in [1.29, 1.82) is 0 Å². The Kier molecular flexibility index (Phi) is 3.43. The number of cyclic esters (lactones) is 1. The molecule has 0 aliphatic carbocycles. The fourth-order valence-electron chi connectivity index (χ4n) is 2.43.